The molecule has 96 valence electrons. The molecule has 0 aliphatic heterocycles. The van der Waals surface area contributed by atoms with E-state index in [0.29, 0.717) is 17.6 Å². The monoisotopic (exact) mass is 263 g/mol. The summed E-state index contributed by atoms with van der Waals surface area (Å²) in [5, 5.41) is 2.86. The van der Waals surface area contributed by atoms with E-state index in [4.69, 9.17) is 18.0 Å². The molecule has 0 aromatic heterocycles. The number of rotatable bonds is 5. The summed E-state index contributed by atoms with van der Waals surface area (Å²) in [6.07, 6.45) is 2.40. The first-order chi connectivity index (χ1) is 8.56. The molecule has 1 aromatic rings. The minimum Gasteiger partial charge on any atom is -0.389 e. The highest BCUT2D eigenvalue weighted by Gasteiger charge is 2.27. The number of hydrogen-bond acceptors (Lipinski definition) is 3. The van der Waals surface area contributed by atoms with Gasteiger partial charge in [-0.2, -0.15) is 0 Å². The Kier molecular flexibility index (Phi) is 3.93. The highest BCUT2D eigenvalue weighted by molar-refractivity contribution is 7.80. The molecular formula is C13H17N3OS. The quantitative estimate of drug-likeness (QED) is 0.787. The number of nitrogens with zero attached hydrogens (tertiary/aromatic N) is 1. The number of carbonyl (C=O) groups is 1. The van der Waals surface area contributed by atoms with Crippen molar-refractivity contribution in [1.29, 1.82) is 0 Å². The molecule has 3 N–H and O–H groups in total. The third kappa shape index (κ3) is 3.51. The molecule has 4 nitrogen and oxygen atoms in total. The molecule has 5 heteroatoms. The second-order valence-corrected chi connectivity index (χ2v) is 5.08. The van der Waals surface area contributed by atoms with Gasteiger partial charge in [0.15, 0.2) is 0 Å². The van der Waals surface area contributed by atoms with E-state index in [1.807, 2.05) is 31.3 Å². The fraction of sp³-hybridized carbons (Fsp3) is 0.385. The fourth-order valence-electron chi connectivity index (χ4n) is 1.79. The molecule has 0 spiro atoms. The standard InChI is InChI=1S/C13H17N3OS/c1-16(11-6-7-11)8-12(17)15-10-4-2-9(3-5-10)13(14)18/h2-5,11H,6-8H2,1H3,(H2,14,18)(H,15,17). The normalized spacial score (nSPS) is 14.6. The van der Waals surface area contributed by atoms with Crippen LogP contribution < -0.4 is 11.1 Å². The Labute approximate surface area is 112 Å². The van der Waals surface area contributed by atoms with Crippen LogP contribution >= 0.6 is 12.2 Å². The Balaban J connectivity index is 1.88. The van der Waals surface area contributed by atoms with Crippen LogP contribution in [0, 0.1) is 0 Å². The Morgan fingerprint density at radius 2 is 2.06 bits per heavy atom. The van der Waals surface area contributed by atoms with E-state index in [9.17, 15) is 4.79 Å². The van der Waals surface area contributed by atoms with Crippen molar-refractivity contribution >= 4 is 28.8 Å². The van der Waals surface area contributed by atoms with Crippen LogP contribution in [-0.4, -0.2) is 35.4 Å². The largest absolute Gasteiger partial charge is 0.389 e. The third-order valence-electron chi connectivity index (χ3n) is 3.02. The lowest BCUT2D eigenvalue weighted by atomic mass is 10.2. The van der Waals surface area contributed by atoms with Crippen LogP contribution in [0.15, 0.2) is 24.3 Å². The van der Waals surface area contributed by atoms with Crippen LogP contribution in [0.3, 0.4) is 0 Å². The zero-order chi connectivity index (χ0) is 13.1. The maximum Gasteiger partial charge on any atom is 0.238 e. The molecule has 0 heterocycles. The number of hydrogen-bond donors (Lipinski definition) is 2. The number of anilines is 1. The summed E-state index contributed by atoms with van der Waals surface area (Å²) >= 11 is 4.87. The van der Waals surface area contributed by atoms with Crippen molar-refractivity contribution in [1.82, 2.24) is 4.90 Å². The van der Waals surface area contributed by atoms with Gasteiger partial charge in [-0.1, -0.05) is 12.2 Å². The van der Waals surface area contributed by atoms with Gasteiger partial charge < -0.3 is 11.1 Å². The molecule has 0 atom stereocenters. The van der Waals surface area contributed by atoms with Gasteiger partial charge in [0.25, 0.3) is 0 Å². The summed E-state index contributed by atoms with van der Waals surface area (Å²) in [5.41, 5.74) is 7.08. The summed E-state index contributed by atoms with van der Waals surface area (Å²) in [7, 11) is 1.98. The van der Waals surface area contributed by atoms with Crippen LogP contribution in [0.5, 0.6) is 0 Å². The topological polar surface area (TPSA) is 58.4 Å². The summed E-state index contributed by atoms with van der Waals surface area (Å²) in [5.74, 6) is 0.00692. The molecule has 1 saturated carbocycles. The molecule has 0 saturated heterocycles. The van der Waals surface area contributed by atoms with Gasteiger partial charge >= 0.3 is 0 Å². The smallest absolute Gasteiger partial charge is 0.238 e. The van der Waals surface area contributed by atoms with Crippen molar-refractivity contribution in [2.75, 3.05) is 18.9 Å². The second kappa shape index (κ2) is 5.46. The molecule has 0 unspecified atom stereocenters. The molecule has 2 rings (SSSR count). The third-order valence-corrected chi connectivity index (χ3v) is 3.25. The van der Waals surface area contributed by atoms with E-state index < -0.39 is 0 Å². The summed E-state index contributed by atoms with van der Waals surface area (Å²) in [4.78, 5) is 14.2. The van der Waals surface area contributed by atoms with Gasteiger partial charge in [0.1, 0.15) is 4.99 Å². The molecule has 1 aliphatic carbocycles. The van der Waals surface area contributed by atoms with E-state index >= 15 is 0 Å². The van der Waals surface area contributed by atoms with E-state index in [0.717, 1.165) is 11.3 Å². The predicted octanol–water partition coefficient (Wildman–Crippen LogP) is 1.35. The highest BCUT2D eigenvalue weighted by atomic mass is 32.1. The molecule has 0 radical (unpaired) electrons. The summed E-state index contributed by atoms with van der Waals surface area (Å²) < 4.78 is 0. The van der Waals surface area contributed by atoms with E-state index in [-0.39, 0.29) is 5.91 Å². The van der Waals surface area contributed by atoms with Crippen LogP contribution in [-0.2, 0) is 4.79 Å². The first-order valence-electron chi connectivity index (χ1n) is 5.96. The Morgan fingerprint density at radius 3 is 2.56 bits per heavy atom. The van der Waals surface area contributed by atoms with Crippen molar-refractivity contribution in [3.05, 3.63) is 29.8 Å². The Morgan fingerprint density at radius 1 is 1.44 bits per heavy atom. The highest BCUT2D eigenvalue weighted by Crippen LogP contribution is 2.24. The van der Waals surface area contributed by atoms with Crippen LogP contribution in [0.2, 0.25) is 0 Å². The van der Waals surface area contributed by atoms with Gasteiger partial charge in [-0.3, -0.25) is 9.69 Å². The lowest BCUT2D eigenvalue weighted by molar-refractivity contribution is -0.117. The molecule has 1 amide bonds. The molecule has 1 fully saturated rings. The van der Waals surface area contributed by atoms with Crippen molar-refractivity contribution in [3.63, 3.8) is 0 Å². The number of amides is 1. The van der Waals surface area contributed by atoms with Gasteiger partial charge in [-0.15, -0.1) is 0 Å². The molecule has 0 bridgehead atoms. The molecule has 18 heavy (non-hydrogen) atoms. The van der Waals surface area contributed by atoms with E-state index in [1.165, 1.54) is 12.8 Å². The molecule has 1 aromatic carbocycles. The van der Waals surface area contributed by atoms with Crippen molar-refractivity contribution in [2.45, 2.75) is 18.9 Å². The number of nitrogens with two attached hydrogens (primary N) is 1. The first kappa shape index (κ1) is 13.0. The maximum absolute atomic E-state index is 11.8. The minimum atomic E-state index is 0.00692. The second-order valence-electron chi connectivity index (χ2n) is 4.64. The molecular weight excluding hydrogens is 246 g/mol. The van der Waals surface area contributed by atoms with Crippen LogP contribution in [0.1, 0.15) is 18.4 Å². The molecule has 1 aliphatic rings. The number of likely N-dealkylation sites (N-methyl/N-ethyl adjacent to an activating group) is 1. The zero-order valence-corrected chi connectivity index (χ0v) is 11.2. The SMILES string of the molecule is CN(CC(=O)Nc1ccc(C(N)=S)cc1)C1CC1. The van der Waals surface area contributed by atoms with Gasteiger partial charge in [0.2, 0.25) is 5.91 Å². The maximum atomic E-state index is 11.8. The first-order valence-corrected chi connectivity index (χ1v) is 6.37. The fourth-order valence-corrected chi connectivity index (χ4v) is 1.93. The van der Waals surface area contributed by atoms with Crippen molar-refractivity contribution in [2.24, 2.45) is 5.73 Å². The average Bonchev–Trinajstić information content (AvgIpc) is 3.13. The van der Waals surface area contributed by atoms with E-state index in [2.05, 4.69) is 10.2 Å². The Bertz CT molecular complexity index is 454. The average molecular weight is 263 g/mol. The summed E-state index contributed by atoms with van der Waals surface area (Å²) in [6.45, 7) is 0.432. The number of thiocarbonyl (C=S) groups is 1. The van der Waals surface area contributed by atoms with Gasteiger partial charge in [0, 0.05) is 17.3 Å². The Hall–Kier alpha value is -1.46. The van der Waals surface area contributed by atoms with Crippen LogP contribution in [0.4, 0.5) is 5.69 Å². The van der Waals surface area contributed by atoms with Gasteiger partial charge in [0.05, 0.1) is 6.54 Å². The summed E-state index contributed by atoms with van der Waals surface area (Å²) in [6, 6.07) is 7.82. The predicted molar refractivity (Wildman–Crippen MR) is 76.6 cm³/mol. The number of carbonyl (C=O) groups excluding carboxylic acids is 1. The number of benzene rings is 1. The lowest BCUT2D eigenvalue weighted by Crippen LogP contribution is -2.31. The van der Waals surface area contributed by atoms with Gasteiger partial charge in [-0.25, -0.2) is 0 Å². The van der Waals surface area contributed by atoms with Crippen LogP contribution in [0.25, 0.3) is 0 Å². The minimum absolute atomic E-state index is 0.00692. The number of nitrogens with one attached hydrogen (secondary N) is 1. The zero-order valence-electron chi connectivity index (χ0n) is 10.3. The van der Waals surface area contributed by atoms with Crippen molar-refractivity contribution < 1.29 is 4.79 Å². The van der Waals surface area contributed by atoms with Crippen molar-refractivity contribution in [3.8, 4) is 0 Å². The van der Waals surface area contributed by atoms with E-state index in [1.54, 1.807) is 0 Å². The van der Waals surface area contributed by atoms with Gasteiger partial charge in [-0.05, 0) is 44.2 Å². The lowest BCUT2D eigenvalue weighted by Gasteiger charge is -2.15.